The van der Waals surface area contributed by atoms with Gasteiger partial charge in [-0.15, -0.1) is 10.2 Å². The Bertz CT molecular complexity index is 688. The molecule has 0 bridgehead atoms. The topological polar surface area (TPSA) is 63.1 Å². The maximum atomic E-state index is 12.6. The maximum Gasteiger partial charge on any atom is 0.318 e. The van der Waals surface area contributed by atoms with Gasteiger partial charge in [0.25, 0.3) is 0 Å². The summed E-state index contributed by atoms with van der Waals surface area (Å²) in [7, 11) is 1.98. The fraction of sp³-hybridized carbons (Fsp3) is 0.471. The number of carbonyl (C=O) groups excluding carboxylic acids is 1. The van der Waals surface area contributed by atoms with Crippen molar-refractivity contribution >= 4 is 17.8 Å². The highest BCUT2D eigenvalue weighted by atomic mass is 32.2. The van der Waals surface area contributed by atoms with E-state index < -0.39 is 0 Å². The van der Waals surface area contributed by atoms with Gasteiger partial charge in [-0.2, -0.15) is 0 Å². The summed E-state index contributed by atoms with van der Waals surface area (Å²) in [6.07, 6.45) is 1.92. The van der Waals surface area contributed by atoms with Crippen LogP contribution in [0.4, 0.5) is 4.79 Å². The molecule has 1 aromatic carbocycles. The molecule has 2 aromatic rings. The fourth-order valence-corrected chi connectivity index (χ4v) is 3.67. The Morgan fingerprint density at radius 2 is 2.12 bits per heavy atom. The Labute approximate surface area is 146 Å². The highest BCUT2D eigenvalue weighted by Gasteiger charge is 2.33. The summed E-state index contributed by atoms with van der Waals surface area (Å²) in [6.45, 7) is 3.39. The van der Waals surface area contributed by atoms with E-state index in [9.17, 15) is 4.79 Å². The summed E-state index contributed by atoms with van der Waals surface area (Å²) >= 11 is 1.67. The second-order valence-electron chi connectivity index (χ2n) is 5.83. The van der Waals surface area contributed by atoms with Crippen LogP contribution in [0.3, 0.4) is 0 Å². The van der Waals surface area contributed by atoms with Gasteiger partial charge in [-0.05, 0) is 24.2 Å². The quantitative estimate of drug-likeness (QED) is 0.846. The molecule has 3 rings (SSSR count). The normalized spacial score (nSPS) is 17.2. The van der Waals surface area contributed by atoms with Crippen LogP contribution >= 0.6 is 11.8 Å². The zero-order valence-electron chi connectivity index (χ0n) is 14.1. The molecule has 0 radical (unpaired) electrons. The zero-order chi connectivity index (χ0) is 16.9. The van der Waals surface area contributed by atoms with E-state index in [-0.39, 0.29) is 12.1 Å². The third-order valence-corrected chi connectivity index (χ3v) is 5.14. The number of hydrogen-bond acceptors (Lipinski definition) is 4. The van der Waals surface area contributed by atoms with Crippen LogP contribution in [0.1, 0.15) is 37.2 Å². The minimum Gasteiger partial charge on any atom is -0.334 e. The van der Waals surface area contributed by atoms with Gasteiger partial charge in [-0.25, -0.2) is 4.79 Å². The molecule has 1 saturated heterocycles. The first-order valence-electron chi connectivity index (χ1n) is 8.31. The summed E-state index contributed by atoms with van der Waals surface area (Å²) in [5, 5.41) is 12.5. The molecule has 6 nitrogen and oxygen atoms in total. The third-order valence-electron chi connectivity index (χ3n) is 4.24. The molecule has 0 unspecified atom stereocenters. The van der Waals surface area contributed by atoms with Gasteiger partial charge >= 0.3 is 6.03 Å². The molecule has 0 saturated carbocycles. The lowest BCUT2D eigenvalue weighted by atomic mass is 10.2. The summed E-state index contributed by atoms with van der Waals surface area (Å²) in [5.74, 6) is 1.83. The van der Waals surface area contributed by atoms with Crippen LogP contribution in [-0.4, -0.2) is 38.0 Å². The Morgan fingerprint density at radius 3 is 2.88 bits per heavy atom. The third kappa shape index (κ3) is 3.56. The van der Waals surface area contributed by atoms with Gasteiger partial charge in [-0.3, -0.25) is 0 Å². The van der Waals surface area contributed by atoms with Gasteiger partial charge in [0.1, 0.15) is 0 Å². The minimum atomic E-state index is -0.0333. The van der Waals surface area contributed by atoms with Crippen LogP contribution < -0.4 is 5.32 Å². The number of likely N-dealkylation sites (tertiary alicyclic amines) is 1. The largest absolute Gasteiger partial charge is 0.334 e. The number of benzene rings is 1. The van der Waals surface area contributed by atoms with Crippen molar-refractivity contribution in [3.05, 3.63) is 41.7 Å². The van der Waals surface area contributed by atoms with E-state index in [1.807, 2.05) is 46.8 Å². The SMILES string of the molecule is CCSc1nnc([C@@H]2CCCN2C(=O)NCc2ccccc2)n1C. The van der Waals surface area contributed by atoms with Gasteiger partial charge in [0, 0.05) is 20.1 Å². The Balaban J connectivity index is 1.67. The molecule has 1 fully saturated rings. The van der Waals surface area contributed by atoms with E-state index in [0.717, 1.165) is 41.7 Å². The number of carbonyl (C=O) groups is 1. The number of rotatable bonds is 5. The molecule has 1 aliphatic heterocycles. The molecule has 0 aliphatic carbocycles. The van der Waals surface area contributed by atoms with E-state index in [0.29, 0.717) is 6.54 Å². The first-order chi connectivity index (χ1) is 11.7. The van der Waals surface area contributed by atoms with E-state index in [2.05, 4.69) is 22.4 Å². The number of amides is 2. The Hall–Kier alpha value is -2.02. The Morgan fingerprint density at radius 1 is 1.33 bits per heavy atom. The van der Waals surface area contributed by atoms with Crippen molar-refractivity contribution in [3.63, 3.8) is 0 Å². The smallest absolute Gasteiger partial charge is 0.318 e. The standard InChI is InChI=1S/C17H23N5OS/c1-3-24-17-20-19-15(21(17)2)14-10-7-11-22(14)16(23)18-12-13-8-5-4-6-9-13/h4-6,8-9,14H,3,7,10-12H2,1-2H3,(H,18,23)/t14-/m0/s1. The van der Waals surface area contributed by atoms with E-state index in [4.69, 9.17) is 0 Å². The minimum absolute atomic E-state index is 0.00415. The van der Waals surface area contributed by atoms with Crippen molar-refractivity contribution in [1.82, 2.24) is 25.0 Å². The van der Waals surface area contributed by atoms with Crippen LogP contribution in [0.2, 0.25) is 0 Å². The average molecular weight is 345 g/mol. The van der Waals surface area contributed by atoms with Crippen molar-refractivity contribution in [1.29, 1.82) is 0 Å². The first kappa shape index (κ1) is 16.8. The van der Waals surface area contributed by atoms with Crippen molar-refractivity contribution in [3.8, 4) is 0 Å². The average Bonchev–Trinajstić information content (AvgIpc) is 3.21. The van der Waals surface area contributed by atoms with Gasteiger partial charge < -0.3 is 14.8 Å². The van der Waals surface area contributed by atoms with E-state index in [1.165, 1.54) is 0 Å². The Kier molecular flexibility index (Phi) is 5.40. The van der Waals surface area contributed by atoms with Crippen molar-refractivity contribution < 1.29 is 4.79 Å². The summed E-state index contributed by atoms with van der Waals surface area (Å²) < 4.78 is 2.02. The molecule has 7 heteroatoms. The van der Waals surface area contributed by atoms with Crippen LogP contribution in [0, 0.1) is 0 Å². The predicted octanol–water partition coefficient (Wildman–Crippen LogP) is 2.97. The maximum absolute atomic E-state index is 12.6. The molecular weight excluding hydrogens is 322 g/mol. The summed E-state index contributed by atoms with van der Waals surface area (Å²) in [6, 6.07) is 9.93. The molecule has 0 spiro atoms. The van der Waals surface area contributed by atoms with Gasteiger partial charge in [-0.1, -0.05) is 49.0 Å². The van der Waals surface area contributed by atoms with Crippen LogP contribution in [-0.2, 0) is 13.6 Å². The zero-order valence-corrected chi connectivity index (χ0v) is 14.9. The highest BCUT2D eigenvalue weighted by Crippen LogP contribution is 2.32. The molecule has 1 aromatic heterocycles. The van der Waals surface area contributed by atoms with E-state index in [1.54, 1.807) is 11.8 Å². The first-order valence-corrected chi connectivity index (χ1v) is 9.29. The fourth-order valence-electron chi connectivity index (χ4n) is 3.02. The van der Waals surface area contributed by atoms with Crippen molar-refractivity contribution in [2.24, 2.45) is 7.05 Å². The number of thioether (sulfide) groups is 1. The van der Waals surface area contributed by atoms with Gasteiger partial charge in [0.15, 0.2) is 11.0 Å². The molecule has 1 aliphatic rings. The van der Waals surface area contributed by atoms with Gasteiger partial charge in [0.2, 0.25) is 0 Å². The summed E-state index contributed by atoms with van der Waals surface area (Å²) in [4.78, 5) is 14.5. The van der Waals surface area contributed by atoms with Crippen LogP contribution in [0.15, 0.2) is 35.5 Å². The molecule has 24 heavy (non-hydrogen) atoms. The summed E-state index contributed by atoms with van der Waals surface area (Å²) in [5.41, 5.74) is 1.10. The predicted molar refractivity (Wildman–Crippen MR) is 94.8 cm³/mol. The van der Waals surface area contributed by atoms with Crippen molar-refractivity contribution in [2.45, 2.75) is 37.5 Å². The molecule has 2 heterocycles. The number of nitrogens with zero attached hydrogens (tertiary/aromatic N) is 4. The number of urea groups is 1. The molecular formula is C17H23N5OS. The number of aromatic nitrogens is 3. The highest BCUT2D eigenvalue weighted by molar-refractivity contribution is 7.99. The number of nitrogens with one attached hydrogen (secondary N) is 1. The monoisotopic (exact) mass is 345 g/mol. The molecule has 128 valence electrons. The van der Waals surface area contributed by atoms with Gasteiger partial charge in [0.05, 0.1) is 6.04 Å². The lowest BCUT2D eigenvalue weighted by Crippen LogP contribution is -2.39. The molecule has 1 N–H and O–H groups in total. The second kappa shape index (κ2) is 7.70. The second-order valence-corrected chi connectivity index (χ2v) is 7.06. The van der Waals surface area contributed by atoms with Crippen molar-refractivity contribution in [2.75, 3.05) is 12.3 Å². The lowest BCUT2D eigenvalue weighted by Gasteiger charge is -2.24. The van der Waals surface area contributed by atoms with E-state index >= 15 is 0 Å². The van der Waals surface area contributed by atoms with Crippen LogP contribution in [0.5, 0.6) is 0 Å². The van der Waals surface area contributed by atoms with Crippen LogP contribution in [0.25, 0.3) is 0 Å². The lowest BCUT2D eigenvalue weighted by molar-refractivity contribution is 0.189. The molecule has 2 amide bonds. The molecule has 1 atom stereocenters. The number of hydrogen-bond donors (Lipinski definition) is 1.